The number of carbonyl (C=O) groups excluding carboxylic acids is 2. The van der Waals surface area contributed by atoms with E-state index in [1.54, 1.807) is 6.92 Å². The summed E-state index contributed by atoms with van der Waals surface area (Å²) in [6, 6.07) is 9.02. The SMILES string of the molecule is CC[C@H](C)NC(=O)[C@H](C)NC(=O)NC/C=C/c1ccccc1. The summed E-state index contributed by atoms with van der Waals surface area (Å²) in [5.41, 5.74) is 1.08. The van der Waals surface area contributed by atoms with Crippen LogP contribution in [-0.2, 0) is 4.79 Å². The molecule has 0 unspecified atom stereocenters. The molecule has 0 heterocycles. The largest absolute Gasteiger partial charge is 0.352 e. The lowest BCUT2D eigenvalue weighted by Crippen LogP contribution is -2.50. The Balaban J connectivity index is 2.28. The Morgan fingerprint density at radius 3 is 2.45 bits per heavy atom. The Morgan fingerprint density at radius 1 is 1.14 bits per heavy atom. The molecule has 0 fully saturated rings. The summed E-state index contributed by atoms with van der Waals surface area (Å²) in [7, 11) is 0. The second-order valence-corrected chi connectivity index (χ2v) is 5.21. The highest BCUT2D eigenvalue weighted by atomic mass is 16.2. The molecule has 0 aliphatic carbocycles. The minimum absolute atomic E-state index is 0.105. The molecule has 0 aromatic heterocycles. The van der Waals surface area contributed by atoms with Crippen LogP contribution in [0.5, 0.6) is 0 Å². The molecule has 0 saturated heterocycles. The molecule has 0 aliphatic heterocycles. The first-order valence-electron chi connectivity index (χ1n) is 7.59. The topological polar surface area (TPSA) is 70.2 Å². The van der Waals surface area contributed by atoms with Gasteiger partial charge in [0.2, 0.25) is 5.91 Å². The van der Waals surface area contributed by atoms with Crippen molar-refractivity contribution in [2.75, 3.05) is 6.54 Å². The van der Waals surface area contributed by atoms with Crippen LogP contribution in [0.15, 0.2) is 36.4 Å². The van der Waals surface area contributed by atoms with Crippen molar-refractivity contribution in [1.29, 1.82) is 0 Å². The second kappa shape index (κ2) is 9.60. The lowest BCUT2D eigenvalue weighted by molar-refractivity contribution is -0.123. The number of hydrogen-bond donors (Lipinski definition) is 3. The number of rotatable bonds is 7. The van der Waals surface area contributed by atoms with Crippen LogP contribution < -0.4 is 16.0 Å². The van der Waals surface area contributed by atoms with Gasteiger partial charge in [0.15, 0.2) is 0 Å². The molecule has 5 nitrogen and oxygen atoms in total. The summed E-state index contributed by atoms with van der Waals surface area (Å²) in [5, 5.41) is 8.13. The third-order valence-electron chi connectivity index (χ3n) is 3.23. The molecule has 1 rings (SSSR count). The number of amides is 3. The number of carbonyl (C=O) groups is 2. The van der Waals surface area contributed by atoms with Crippen LogP contribution >= 0.6 is 0 Å². The van der Waals surface area contributed by atoms with Crippen molar-refractivity contribution in [2.45, 2.75) is 39.3 Å². The van der Waals surface area contributed by atoms with Crippen LogP contribution in [-0.4, -0.2) is 30.6 Å². The molecule has 3 N–H and O–H groups in total. The summed E-state index contributed by atoms with van der Waals surface area (Å²) in [6.07, 6.45) is 4.65. The van der Waals surface area contributed by atoms with Crippen molar-refractivity contribution in [3.63, 3.8) is 0 Å². The van der Waals surface area contributed by atoms with Gasteiger partial charge >= 0.3 is 6.03 Å². The quantitative estimate of drug-likeness (QED) is 0.723. The molecular formula is C17H25N3O2. The zero-order chi connectivity index (χ0) is 16.4. The molecule has 0 spiro atoms. The van der Waals surface area contributed by atoms with Crippen molar-refractivity contribution >= 4 is 18.0 Å². The molecule has 0 bridgehead atoms. The van der Waals surface area contributed by atoms with E-state index in [9.17, 15) is 9.59 Å². The molecule has 5 heteroatoms. The molecule has 0 radical (unpaired) electrons. The van der Waals surface area contributed by atoms with Gasteiger partial charge in [-0.2, -0.15) is 0 Å². The van der Waals surface area contributed by atoms with Gasteiger partial charge in [-0.05, 0) is 25.8 Å². The van der Waals surface area contributed by atoms with Gasteiger partial charge in [0.05, 0.1) is 0 Å². The third kappa shape index (κ3) is 6.92. The van der Waals surface area contributed by atoms with E-state index in [1.807, 2.05) is 56.3 Å². The maximum Gasteiger partial charge on any atom is 0.315 e. The first-order chi connectivity index (χ1) is 10.5. The highest BCUT2D eigenvalue weighted by Gasteiger charge is 2.16. The van der Waals surface area contributed by atoms with E-state index in [2.05, 4.69) is 16.0 Å². The van der Waals surface area contributed by atoms with Crippen molar-refractivity contribution < 1.29 is 9.59 Å². The van der Waals surface area contributed by atoms with Crippen molar-refractivity contribution in [1.82, 2.24) is 16.0 Å². The average molecular weight is 303 g/mol. The van der Waals surface area contributed by atoms with Gasteiger partial charge in [0, 0.05) is 12.6 Å². The molecule has 2 atom stereocenters. The van der Waals surface area contributed by atoms with Gasteiger partial charge in [0.1, 0.15) is 6.04 Å². The number of nitrogens with one attached hydrogen (secondary N) is 3. The van der Waals surface area contributed by atoms with Crippen LogP contribution in [0.3, 0.4) is 0 Å². The van der Waals surface area contributed by atoms with E-state index in [1.165, 1.54) is 0 Å². The van der Waals surface area contributed by atoms with Gasteiger partial charge in [-0.15, -0.1) is 0 Å². The predicted molar refractivity (Wildman–Crippen MR) is 89.4 cm³/mol. The molecule has 1 aromatic rings. The van der Waals surface area contributed by atoms with Crippen LogP contribution in [0.2, 0.25) is 0 Å². The van der Waals surface area contributed by atoms with Gasteiger partial charge < -0.3 is 16.0 Å². The van der Waals surface area contributed by atoms with Crippen molar-refractivity contribution in [3.05, 3.63) is 42.0 Å². The van der Waals surface area contributed by atoms with Crippen LogP contribution in [0, 0.1) is 0 Å². The fourth-order valence-corrected chi connectivity index (χ4v) is 1.69. The van der Waals surface area contributed by atoms with E-state index >= 15 is 0 Å². The third-order valence-corrected chi connectivity index (χ3v) is 3.23. The normalized spacial score (nSPS) is 13.4. The Kier molecular flexibility index (Phi) is 7.75. The maximum atomic E-state index is 11.8. The minimum atomic E-state index is -0.563. The van der Waals surface area contributed by atoms with Gasteiger partial charge in [-0.3, -0.25) is 4.79 Å². The molecule has 0 aliphatic rings. The van der Waals surface area contributed by atoms with Gasteiger partial charge in [-0.1, -0.05) is 49.4 Å². The fraction of sp³-hybridized carbons (Fsp3) is 0.412. The summed E-state index contributed by atoms with van der Waals surface area (Å²) in [4.78, 5) is 23.5. The molecule has 22 heavy (non-hydrogen) atoms. The highest BCUT2D eigenvalue weighted by molar-refractivity contribution is 5.86. The smallest absolute Gasteiger partial charge is 0.315 e. The Morgan fingerprint density at radius 2 is 1.82 bits per heavy atom. The predicted octanol–water partition coefficient (Wildman–Crippen LogP) is 2.30. The molecule has 120 valence electrons. The number of benzene rings is 1. The van der Waals surface area contributed by atoms with Crippen LogP contribution in [0.25, 0.3) is 6.08 Å². The Labute approximate surface area is 132 Å². The molecule has 3 amide bonds. The van der Waals surface area contributed by atoms with Crippen LogP contribution in [0.4, 0.5) is 4.79 Å². The second-order valence-electron chi connectivity index (χ2n) is 5.21. The maximum absolute atomic E-state index is 11.8. The van der Waals surface area contributed by atoms with Crippen LogP contribution in [0.1, 0.15) is 32.8 Å². The van der Waals surface area contributed by atoms with E-state index in [0.29, 0.717) is 6.54 Å². The monoisotopic (exact) mass is 303 g/mol. The Hall–Kier alpha value is -2.30. The first-order valence-corrected chi connectivity index (χ1v) is 7.59. The number of hydrogen-bond acceptors (Lipinski definition) is 2. The highest BCUT2D eigenvalue weighted by Crippen LogP contribution is 1.99. The van der Waals surface area contributed by atoms with E-state index < -0.39 is 6.04 Å². The van der Waals surface area contributed by atoms with E-state index in [-0.39, 0.29) is 18.0 Å². The van der Waals surface area contributed by atoms with Crippen molar-refractivity contribution in [3.8, 4) is 0 Å². The summed E-state index contributed by atoms with van der Waals surface area (Å²) >= 11 is 0. The standard InChI is InChI=1S/C17H25N3O2/c1-4-13(2)19-16(21)14(3)20-17(22)18-12-8-11-15-9-6-5-7-10-15/h5-11,13-14H,4,12H2,1-3H3,(H,19,21)(H2,18,20,22)/b11-8+/t13-,14-/m0/s1. The lowest BCUT2D eigenvalue weighted by atomic mass is 10.2. The fourth-order valence-electron chi connectivity index (χ4n) is 1.69. The summed E-state index contributed by atoms with van der Waals surface area (Å²) in [6.45, 7) is 5.99. The van der Waals surface area contributed by atoms with E-state index in [0.717, 1.165) is 12.0 Å². The minimum Gasteiger partial charge on any atom is -0.352 e. The molecule has 0 saturated carbocycles. The van der Waals surface area contributed by atoms with Gasteiger partial charge in [-0.25, -0.2) is 4.79 Å². The summed E-state index contributed by atoms with van der Waals surface area (Å²) in [5.74, 6) is -0.177. The van der Waals surface area contributed by atoms with E-state index in [4.69, 9.17) is 0 Å². The first kappa shape index (κ1) is 17.8. The average Bonchev–Trinajstić information content (AvgIpc) is 2.52. The molecular weight excluding hydrogens is 278 g/mol. The number of urea groups is 1. The lowest BCUT2D eigenvalue weighted by Gasteiger charge is -2.17. The van der Waals surface area contributed by atoms with Gasteiger partial charge in [0.25, 0.3) is 0 Å². The molecule has 1 aromatic carbocycles. The zero-order valence-electron chi connectivity index (χ0n) is 13.4. The summed E-state index contributed by atoms with van der Waals surface area (Å²) < 4.78 is 0. The zero-order valence-corrected chi connectivity index (χ0v) is 13.4. The Bertz CT molecular complexity index is 500. The van der Waals surface area contributed by atoms with Crippen molar-refractivity contribution in [2.24, 2.45) is 0 Å².